The van der Waals surface area contributed by atoms with Gasteiger partial charge in [0.1, 0.15) is 16.5 Å². The van der Waals surface area contributed by atoms with Gasteiger partial charge in [0.15, 0.2) is 5.76 Å². The van der Waals surface area contributed by atoms with Gasteiger partial charge in [-0.25, -0.2) is 8.42 Å². The van der Waals surface area contributed by atoms with Crippen LogP contribution in [0, 0.1) is 18.3 Å². The van der Waals surface area contributed by atoms with Crippen LogP contribution in [0.5, 0.6) is 0 Å². The van der Waals surface area contributed by atoms with E-state index in [9.17, 15) is 26.9 Å². The van der Waals surface area contributed by atoms with Crippen LogP contribution in [0.2, 0.25) is 0 Å². The number of nitrogens with two attached hydrogens (primary N) is 1. The number of nitriles is 1. The van der Waals surface area contributed by atoms with Crippen LogP contribution in [0.1, 0.15) is 33.7 Å². The van der Waals surface area contributed by atoms with Crippen LogP contribution in [-0.2, 0) is 27.5 Å². The van der Waals surface area contributed by atoms with E-state index in [-0.39, 0.29) is 34.2 Å². The number of hydrogen-bond donors (Lipinski definition) is 1. The second-order valence-corrected chi connectivity index (χ2v) is 10.5. The SMILES string of the molecule is Cc1ccccc1CN1c2ccccc2C2=C([C@H](c3ccc(C(F)(F)F)cc3)C(C#N)=C(N)O2)S1(=O)=O. The monoisotopic (exact) mass is 523 g/mol. The van der Waals surface area contributed by atoms with Crippen molar-refractivity contribution < 1.29 is 26.3 Å². The van der Waals surface area contributed by atoms with Gasteiger partial charge in [-0.1, -0.05) is 48.5 Å². The number of rotatable bonds is 3. The summed E-state index contributed by atoms with van der Waals surface area (Å²) >= 11 is 0. The largest absolute Gasteiger partial charge is 0.439 e. The Hall–Kier alpha value is -4.23. The van der Waals surface area contributed by atoms with Crippen LogP contribution in [-0.4, -0.2) is 8.42 Å². The molecule has 6 nitrogen and oxygen atoms in total. The maximum absolute atomic E-state index is 14.2. The van der Waals surface area contributed by atoms with Crippen LogP contribution in [0.3, 0.4) is 0 Å². The van der Waals surface area contributed by atoms with Gasteiger partial charge in [0.05, 0.1) is 23.7 Å². The fraction of sp³-hybridized carbons (Fsp3) is 0.148. The molecule has 0 spiro atoms. The standard InChI is InChI=1S/C27H20F3N3O3S/c1-16-6-2-3-7-18(16)15-33-22-9-5-4-8-20(22)24-25(37(33,34)35)23(21(14-31)26(32)36-24)17-10-12-19(13-11-17)27(28,29)30/h2-13,23H,15,32H2,1H3/t23-/m1/s1. The summed E-state index contributed by atoms with van der Waals surface area (Å²) in [4.78, 5) is -0.245. The van der Waals surface area contributed by atoms with E-state index in [2.05, 4.69) is 0 Å². The Balaban J connectivity index is 1.74. The Bertz CT molecular complexity index is 1620. The average Bonchev–Trinajstić information content (AvgIpc) is 2.86. The number of anilines is 1. The molecule has 188 valence electrons. The molecule has 2 N–H and O–H groups in total. The van der Waals surface area contributed by atoms with Gasteiger partial charge in [0.2, 0.25) is 5.88 Å². The molecule has 0 unspecified atom stereocenters. The van der Waals surface area contributed by atoms with Crippen molar-refractivity contribution in [3.8, 4) is 6.07 Å². The zero-order valence-corrected chi connectivity index (χ0v) is 20.3. The van der Waals surface area contributed by atoms with E-state index in [0.29, 0.717) is 11.3 Å². The van der Waals surface area contributed by atoms with Gasteiger partial charge in [-0.3, -0.25) is 4.31 Å². The van der Waals surface area contributed by atoms with Crippen LogP contribution in [0.4, 0.5) is 18.9 Å². The molecule has 5 rings (SSSR count). The average molecular weight is 524 g/mol. The molecule has 0 bridgehead atoms. The van der Waals surface area contributed by atoms with Gasteiger partial charge >= 0.3 is 6.18 Å². The number of allylic oxidation sites excluding steroid dienone is 2. The fourth-order valence-corrected chi connectivity index (χ4v) is 6.52. The van der Waals surface area contributed by atoms with Gasteiger partial charge in [0.25, 0.3) is 10.0 Å². The third kappa shape index (κ3) is 4.01. The van der Waals surface area contributed by atoms with Crippen molar-refractivity contribution in [2.24, 2.45) is 5.73 Å². The topological polar surface area (TPSA) is 96.4 Å². The summed E-state index contributed by atoms with van der Waals surface area (Å²) in [5.41, 5.74) is 7.59. The lowest BCUT2D eigenvalue weighted by Gasteiger charge is -2.38. The van der Waals surface area contributed by atoms with E-state index in [4.69, 9.17) is 10.5 Å². The zero-order chi connectivity index (χ0) is 26.5. The van der Waals surface area contributed by atoms with Gasteiger partial charge < -0.3 is 10.5 Å². The molecule has 0 amide bonds. The highest BCUT2D eigenvalue weighted by Gasteiger charge is 2.47. The first-order valence-corrected chi connectivity index (χ1v) is 12.6. The lowest BCUT2D eigenvalue weighted by atomic mass is 9.88. The number of benzene rings is 3. The number of aryl methyl sites for hydroxylation is 1. The summed E-state index contributed by atoms with van der Waals surface area (Å²) < 4.78 is 75.1. The third-order valence-electron chi connectivity index (χ3n) is 6.50. The quantitative estimate of drug-likeness (QED) is 0.486. The number of hydrogen-bond acceptors (Lipinski definition) is 5. The zero-order valence-electron chi connectivity index (χ0n) is 19.5. The minimum atomic E-state index is -4.58. The number of ether oxygens (including phenoxy) is 1. The van der Waals surface area contributed by atoms with E-state index in [0.717, 1.165) is 35.4 Å². The summed E-state index contributed by atoms with van der Waals surface area (Å²) in [5, 5.41) is 9.89. The second-order valence-electron chi connectivity index (χ2n) is 8.69. The first kappa shape index (κ1) is 24.5. The maximum atomic E-state index is 14.2. The normalized spacial score (nSPS) is 18.6. The molecule has 0 saturated carbocycles. The highest BCUT2D eigenvalue weighted by atomic mass is 32.2. The number of sulfonamides is 1. The Morgan fingerprint density at radius 3 is 2.32 bits per heavy atom. The highest BCUT2D eigenvalue weighted by molar-refractivity contribution is 7.96. The number of para-hydroxylation sites is 1. The molecule has 3 aromatic carbocycles. The van der Waals surface area contributed by atoms with Crippen molar-refractivity contribution in [1.29, 1.82) is 5.26 Å². The predicted octanol–water partition coefficient (Wildman–Crippen LogP) is 5.54. The lowest BCUT2D eigenvalue weighted by molar-refractivity contribution is -0.137. The van der Waals surface area contributed by atoms with Crippen LogP contribution in [0.15, 0.2) is 89.2 Å². The van der Waals surface area contributed by atoms with Gasteiger partial charge in [-0.05, 0) is 47.9 Å². The van der Waals surface area contributed by atoms with Crippen LogP contribution < -0.4 is 10.0 Å². The number of alkyl halides is 3. The first-order chi connectivity index (χ1) is 17.5. The fourth-order valence-electron chi connectivity index (χ4n) is 4.62. The predicted molar refractivity (Wildman–Crippen MR) is 132 cm³/mol. The molecule has 0 aliphatic carbocycles. The van der Waals surface area contributed by atoms with E-state index in [1.807, 2.05) is 31.2 Å². The second kappa shape index (κ2) is 8.71. The van der Waals surface area contributed by atoms with E-state index < -0.39 is 27.7 Å². The first-order valence-electron chi connectivity index (χ1n) is 11.2. The maximum Gasteiger partial charge on any atom is 0.416 e. The Labute approximate surface area is 211 Å². The van der Waals surface area contributed by atoms with Crippen molar-refractivity contribution in [3.05, 3.63) is 117 Å². The van der Waals surface area contributed by atoms with Gasteiger partial charge in [0, 0.05) is 5.56 Å². The highest BCUT2D eigenvalue weighted by Crippen LogP contribution is 2.51. The molecule has 2 aliphatic heterocycles. The molecule has 10 heteroatoms. The molecular formula is C27H20F3N3O3S. The summed E-state index contributed by atoms with van der Waals surface area (Å²) in [7, 11) is -4.33. The lowest BCUT2D eigenvalue weighted by Crippen LogP contribution is -2.39. The third-order valence-corrected chi connectivity index (χ3v) is 8.39. The van der Waals surface area contributed by atoms with Gasteiger partial charge in [-0.15, -0.1) is 0 Å². The van der Waals surface area contributed by atoms with Crippen LogP contribution in [0.25, 0.3) is 5.76 Å². The van der Waals surface area contributed by atoms with Crippen molar-refractivity contribution in [1.82, 2.24) is 0 Å². The van der Waals surface area contributed by atoms with E-state index in [1.54, 1.807) is 30.3 Å². The van der Waals surface area contributed by atoms with Crippen LogP contribution >= 0.6 is 0 Å². The molecule has 0 saturated heterocycles. The smallest absolute Gasteiger partial charge is 0.416 e. The summed E-state index contributed by atoms with van der Waals surface area (Å²) in [6.07, 6.45) is -4.58. The molecule has 0 aromatic heterocycles. The number of fused-ring (bicyclic) bond motifs is 2. The van der Waals surface area contributed by atoms with Crippen molar-refractivity contribution >= 4 is 21.5 Å². The molecule has 1 atom stereocenters. The molecule has 0 radical (unpaired) electrons. The van der Waals surface area contributed by atoms with E-state index >= 15 is 0 Å². The minimum absolute atomic E-state index is 0.00359. The summed E-state index contributed by atoms with van der Waals surface area (Å²) in [5.74, 6) is -1.60. The number of nitrogens with zero attached hydrogens (tertiary/aromatic N) is 2. The van der Waals surface area contributed by atoms with Crippen molar-refractivity contribution in [3.63, 3.8) is 0 Å². The summed E-state index contributed by atoms with van der Waals surface area (Å²) in [6.45, 7) is 1.87. The van der Waals surface area contributed by atoms with E-state index in [1.165, 1.54) is 4.31 Å². The molecule has 0 fully saturated rings. The number of halogens is 3. The minimum Gasteiger partial charge on any atom is -0.439 e. The molecule has 3 aromatic rings. The Morgan fingerprint density at radius 1 is 1.03 bits per heavy atom. The molecular weight excluding hydrogens is 503 g/mol. The Morgan fingerprint density at radius 2 is 1.68 bits per heavy atom. The summed E-state index contributed by atoms with van der Waals surface area (Å²) in [6, 6.07) is 20.0. The molecule has 37 heavy (non-hydrogen) atoms. The van der Waals surface area contributed by atoms with Crippen molar-refractivity contribution in [2.45, 2.75) is 25.6 Å². The molecule has 2 heterocycles. The Kier molecular flexibility index (Phi) is 5.76. The molecule has 2 aliphatic rings. The van der Waals surface area contributed by atoms with Crippen molar-refractivity contribution in [2.75, 3.05) is 4.31 Å². The van der Waals surface area contributed by atoms with Gasteiger partial charge in [-0.2, -0.15) is 18.4 Å².